The maximum absolute atomic E-state index is 13.9. The predicted molar refractivity (Wildman–Crippen MR) is 145 cm³/mol. The number of aldehydes is 1. The van der Waals surface area contributed by atoms with Crippen molar-refractivity contribution in [3.8, 4) is 0 Å². The molecule has 1 aliphatic rings. The Kier molecular flexibility index (Phi) is 11.0. The fraction of sp³-hybridized carbons (Fsp3) is 0.500. The molecule has 0 saturated carbocycles. The molecule has 0 bridgehead atoms. The molecule has 2 nitrogen and oxygen atoms in total. The summed E-state index contributed by atoms with van der Waals surface area (Å²) in [5.74, 6) is -3.10. The first-order chi connectivity index (χ1) is 16.6. The Labute approximate surface area is 214 Å². The van der Waals surface area contributed by atoms with E-state index in [0.717, 1.165) is 74.0 Å². The van der Waals surface area contributed by atoms with Gasteiger partial charge in [-0.1, -0.05) is 56.2 Å². The van der Waals surface area contributed by atoms with Gasteiger partial charge in [0.2, 0.25) is 0 Å². The Balaban J connectivity index is 0.00000137. The number of aryl methyl sites for hydroxylation is 2. The quantitative estimate of drug-likeness (QED) is 0.253. The van der Waals surface area contributed by atoms with Gasteiger partial charge in [0.05, 0.1) is 0 Å². The normalized spacial score (nSPS) is 15.2. The van der Waals surface area contributed by atoms with Crippen LogP contribution >= 0.6 is 11.3 Å². The summed E-state index contributed by atoms with van der Waals surface area (Å²) in [7, 11) is 3.25. The molecule has 192 valence electrons. The summed E-state index contributed by atoms with van der Waals surface area (Å²) in [6, 6.07) is 6.69. The van der Waals surface area contributed by atoms with Crippen molar-refractivity contribution < 1.29 is 18.3 Å². The van der Waals surface area contributed by atoms with E-state index in [1.54, 1.807) is 14.2 Å². The summed E-state index contributed by atoms with van der Waals surface area (Å²) in [5.41, 5.74) is 6.74. The highest BCUT2D eigenvalue weighted by Crippen LogP contribution is 2.45. The zero-order valence-electron chi connectivity index (χ0n) is 22.3. The number of fused-ring (bicyclic) bond motifs is 1. The highest BCUT2D eigenvalue weighted by molar-refractivity contribution is 7.12. The molecule has 0 spiro atoms. The summed E-state index contributed by atoms with van der Waals surface area (Å²) < 4.78 is 32.1. The van der Waals surface area contributed by atoms with Gasteiger partial charge in [-0.05, 0) is 73.8 Å². The summed E-state index contributed by atoms with van der Waals surface area (Å²) in [5, 5.41) is 0. The van der Waals surface area contributed by atoms with Crippen LogP contribution in [0.2, 0.25) is 0 Å². The lowest BCUT2D eigenvalue weighted by atomic mass is 9.80. The van der Waals surface area contributed by atoms with Gasteiger partial charge in [-0.3, -0.25) is 0 Å². The van der Waals surface area contributed by atoms with Gasteiger partial charge in [-0.2, -0.15) is 0 Å². The third-order valence-corrected chi connectivity index (χ3v) is 7.57. The monoisotopic (exact) mass is 502 g/mol. The number of halogens is 2. The summed E-state index contributed by atoms with van der Waals surface area (Å²) in [4.78, 5) is 15.0. The predicted octanol–water partition coefficient (Wildman–Crippen LogP) is 8.69. The van der Waals surface area contributed by atoms with Crippen molar-refractivity contribution in [2.24, 2.45) is 5.92 Å². The number of carbonyl (C=O) groups excluding carboxylic acids is 1. The highest BCUT2D eigenvalue weighted by atomic mass is 32.1. The molecule has 0 amide bonds. The maximum Gasteiger partial charge on any atom is 0.270 e. The fourth-order valence-electron chi connectivity index (χ4n) is 4.91. The van der Waals surface area contributed by atoms with E-state index >= 15 is 0 Å². The summed E-state index contributed by atoms with van der Waals surface area (Å²) in [6.45, 7) is 9.36. The zero-order chi connectivity index (χ0) is 26.2. The number of carbonyl (C=O) groups is 1. The van der Waals surface area contributed by atoms with Crippen LogP contribution in [0.3, 0.4) is 0 Å². The Morgan fingerprint density at radius 2 is 1.80 bits per heavy atom. The largest absolute Gasteiger partial charge is 0.388 e. The molecule has 0 fully saturated rings. The van der Waals surface area contributed by atoms with E-state index in [-0.39, 0.29) is 11.5 Å². The second-order valence-corrected chi connectivity index (χ2v) is 10.6. The smallest absolute Gasteiger partial charge is 0.270 e. The van der Waals surface area contributed by atoms with Crippen LogP contribution in [-0.2, 0) is 28.3 Å². The number of allylic oxidation sites excluding steroid dienone is 3. The van der Waals surface area contributed by atoms with Crippen LogP contribution in [0.5, 0.6) is 0 Å². The SMILES string of the molecule is CC/C=C(C)/C(=C(/c1ccc(C(C)(F)F)cc1)c1c(C)sc2c1CCC2)C(C=O)CCC.COC. The van der Waals surface area contributed by atoms with Crippen molar-refractivity contribution in [3.63, 3.8) is 0 Å². The minimum atomic E-state index is -2.88. The number of rotatable bonds is 9. The molecule has 1 atom stereocenters. The van der Waals surface area contributed by atoms with Gasteiger partial charge in [0.1, 0.15) is 6.29 Å². The Bertz CT molecular complexity index is 1040. The second-order valence-electron chi connectivity index (χ2n) is 9.28. The number of thiophene rings is 1. The van der Waals surface area contributed by atoms with Crippen molar-refractivity contribution in [2.75, 3.05) is 14.2 Å². The lowest BCUT2D eigenvalue weighted by molar-refractivity contribution is -0.110. The molecule has 1 aromatic heterocycles. The summed E-state index contributed by atoms with van der Waals surface area (Å²) in [6.07, 6.45) is 9.08. The summed E-state index contributed by atoms with van der Waals surface area (Å²) >= 11 is 1.85. The minimum Gasteiger partial charge on any atom is -0.388 e. The van der Waals surface area contributed by atoms with E-state index in [9.17, 15) is 13.6 Å². The number of hydrogen-bond donors (Lipinski definition) is 0. The van der Waals surface area contributed by atoms with Gasteiger partial charge in [0.15, 0.2) is 0 Å². The van der Waals surface area contributed by atoms with Crippen molar-refractivity contribution in [1.29, 1.82) is 0 Å². The molecule has 2 aromatic rings. The standard InChI is InChI=1S/C28H34F2OS.C2H6O/c1-6-9-18(3)25(21(17-31)10-7-2)27(20-13-15-22(16-14-20)28(5,29)30)26-19(4)32-24-12-8-11-23(24)26;1-3-2/h9,13-17,21H,6-8,10-12H2,1-5H3;1-2H3/b18-9+,27-25+;. The molecule has 35 heavy (non-hydrogen) atoms. The number of methoxy groups -OCH3 is 1. The number of benzene rings is 1. The first kappa shape index (κ1) is 29.1. The van der Waals surface area contributed by atoms with Gasteiger partial charge >= 0.3 is 0 Å². The molecule has 1 aliphatic carbocycles. The number of ether oxygens (including phenoxy) is 1. The number of alkyl halides is 2. The maximum atomic E-state index is 13.9. The van der Waals surface area contributed by atoms with Crippen LogP contribution in [0.25, 0.3) is 5.57 Å². The second kappa shape index (κ2) is 13.3. The molecule has 1 aromatic carbocycles. The van der Waals surface area contributed by atoms with Crippen LogP contribution in [0.4, 0.5) is 8.78 Å². The third-order valence-electron chi connectivity index (χ3n) is 6.37. The Hall–Kier alpha value is -2.11. The topological polar surface area (TPSA) is 26.3 Å². The van der Waals surface area contributed by atoms with Crippen LogP contribution in [0, 0.1) is 12.8 Å². The first-order valence-electron chi connectivity index (χ1n) is 12.5. The zero-order valence-corrected chi connectivity index (χ0v) is 23.1. The fourth-order valence-corrected chi connectivity index (χ4v) is 6.19. The Morgan fingerprint density at radius 3 is 2.31 bits per heavy atom. The molecule has 5 heteroatoms. The lowest BCUT2D eigenvalue weighted by Gasteiger charge is -2.23. The molecule has 0 radical (unpaired) electrons. The molecule has 0 saturated heterocycles. The third kappa shape index (κ3) is 6.98. The van der Waals surface area contributed by atoms with E-state index in [0.29, 0.717) is 0 Å². The van der Waals surface area contributed by atoms with Crippen molar-refractivity contribution >= 4 is 23.2 Å². The van der Waals surface area contributed by atoms with E-state index in [1.807, 2.05) is 23.5 Å². The van der Waals surface area contributed by atoms with E-state index in [4.69, 9.17) is 0 Å². The van der Waals surface area contributed by atoms with Crippen LogP contribution in [-0.4, -0.2) is 20.5 Å². The number of hydrogen-bond acceptors (Lipinski definition) is 3. The lowest BCUT2D eigenvalue weighted by Crippen LogP contribution is -2.12. The van der Waals surface area contributed by atoms with Gasteiger partial charge in [-0.25, -0.2) is 8.78 Å². The molecule has 1 heterocycles. The van der Waals surface area contributed by atoms with Gasteiger partial charge in [0.25, 0.3) is 5.92 Å². The average Bonchev–Trinajstić information content (AvgIpc) is 3.37. The van der Waals surface area contributed by atoms with Crippen molar-refractivity contribution in [1.82, 2.24) is 0 Å². The van der Waals surface area contributed by atoms with Gasteiger partial charge in [-0.15, -0.1) is 11.3 Å². The van der Waals surface area contributed by atoms with E-state index < -0.39 is 5.92 Å². The molecular formula is C30H40F2O2S. The van der Waals surface area contributed by atoms with Crippen molar-refractivity contribution in [2.45, 2.75) is 79.1 Å². The molecule has 0 N–H and O–H groups in total. The van der Waals surface area contributed by atoms with Crippen LogP contribution < -0.4 is 0 Å². The molecule has 3 rings (SSSR count). The first-order valence-corrected chi connectivity index (χ1v) is 13.3. The van der Waals surface area contributed by atoms with Crippen LogP contribution in [0.1, 0.15) is 85.4 Å². The molecule has 1 unspecified atom stereocenters. The van der Waals surface area contributed by atoms with E-state index in [1.165, 1.54) is 33.0 Å². The highest BCUT2D eigenvalue weighted by Gasteiger charge is 2.29. The molecular weight excluding hydrogens is 462 g/mol. The van der Waals surface area contributed by atoms with Gasteiger partial charge < -0.3 is 9.53 Å². The van der Waals surface area contributed by atoms with Crippen LogP contribution in [0.15, 0.2) is 41.5 Å². The Morgan fingerprint density at radius 1 is 1.17 bits per heavy atom. The van der Waals surface area contributed by atoms with Crippen molar-refractivity contribution in [3.05, 3.63) is 73.5 Å². The van der Waals surface area contributed by atoms with E-state index in [2.05, 4.69) is 38.5 Å². The van der Waals surface area contributed by atoms with Gasteiger partial charge in [0, 0.05) is 42.4 Å². The average molecular weight is 503 g/mol. The minimum absolute atomic E-state index is 0.00994. The molecule has 0 aliphatic heterocycles.